The molecule has 2 saturated carbocycles. The molecule has 1 aromatic carbocycles. The number of ketones is 1. The number of aliphatic hydroxyl groups excluding tert-OH is 1. The van der Waals surface area contributed by atoms with Crippen LogP contribution in [0.4, 0.5) is 5.69 Å². The zero-order chi connectivity index (χ0) is 42.8. The Morgan fingerprint density at radius 2 is 1.57 bits per heavy atom. The molecule has 60 heavy (non-hydrogen) atoms. The molecule has 0 amide bonds. The van der Waals surface area contributed by atoms with Gasteiger partial charge in [0.25, 0.3) is 0 Å². The minimum absolute atomic E-state index is 0.00629. The van der Waals surface area contributed by atoms with Crippen LogP contribution in [0.5, 0.6) is 0 Å². The summed E-state index contributed by atoms with van der Waals surface area (Å²) in [5.41, 5.74) is 1.51. The molecule has 3 saturated heterocycles. The summed E-state index contributed by atoms with van der Waals surface area (Å²) in [5, 5.41) is 16.4. The summed E-state index contributed by atoms with van der Waals surface area (Å²) in [4.78, 5) is 31.2. The van der Waals surface area contributed by atoms with Gasteiger partial charge in [-0.15, -0.1) is 0 Å². The summed E-state index contributed by atoms with van der Waals surface area (Å²) in [6.45, 7) is 8.06. The molecular formula is C47H72N2O11. The Labute approximate surface area is 357 Å². The van der Waals surface area contributed by atoms with Gasteiger partial charge in [-0.05, 0) is 115 Å². The highest BCUT2D eigenvalue weighted by atomic mass is 16.7. The van der Waals surface area contributed by atoms with Crippen LogP contribution < -0.4 is 5.32 Å². The number of cyclic esters (lactones) is 1. The second-order valence-corrected chi connectivity index (χ2v) is 18.6. The highest BCUT2D eigenvalue weighted by Crippen LogP contribution is 2.57. The van der Waals surface area contributed by atoms with Gasteiger partial charge in [0, 0.05) is 50.8 Å². The number of methoxy groups -OCH3 is 3. The predicted octanol–water partition coefficient (Wildman–Crippen LogP) is 5.77. The number of hydrogen-bond acceptors (Lipinski definition) is 13. The number of rotatable bonds is 11. The van der Waals surface area contributed by atoms with Crippen molar-refractivity contribution in [1.29, 1.82) is 0 Å². The number of likely N-dealkylation sites (N-methyl/N-ethyl adjacent to an activating group) is 1. The van der Waals surface area contributed by atoms with Crippen LogP contribution in [0.25, 0.3) is 0 Å². The number of nitrogens with one attached hydrogen (secondary N) is 1. The van der Waals surface area contributed by atoms with Crippen molar-refractivity contribution in [3.8, 4) is 0 Å². The van der Waals surface area contributed by atoms with E-state index in [-0.39, 0.29) is 78.6 Å². The van der Waals surface area contributed by atoms with Gasteiger partial charge in [-0.2, -0.15) is 0 Å². The molecular weight excluding hydrogens is 769 g/mol. The van der Waals surface area contributed by atoms with Gasteiger partial charge in [0.1, 0.15) is 24.4 Å². The number of esters is 1. The second kappa shape index (κ2) is 19.9. The number of Topliss-reactive ketones (excluding diaryl/α,β-unsaturated/α-hetero) is 1. The second-order valence-electron chi connectivity index (χ2n) is 18.6. The Morgan fingerprint density at radius 3 is 2.23 bits per heavy atom. The number of carbonyl (C=O) groups excluding carboxylic acids is 2. The zero-order valence-corrected chi connectivity index (χ0v) is 37.3. The van der Waals surface area contributed by atoms with E-state index < -0.39 is 48.6 Å². The molecule has 13 nitrogen and oxygen atoms in total. The van der Waals surface area contributed by atoms with Gasteiger partial charge in [0.2, 0.25) is 0 Å². The maximum Gasteiger partial charge on any atom is 0.306 e. The standard InChI is InChI=1S/C47H72N2O11/c1-10-29-17-14-18-37(60-39-20-19-36(49(5)6)26(3)56-39)25(2)42(51)35-23-32-31-21-30(59-47-46(55-9)45(54-8)44(53-7)27(4)57-47)22-34(31)41(48-28-15-12-11-13-16-28)43(52)40(32)33(35)24-38(50)58-29/h11-13,15-16,23,25-27,29-34,36-37,39-41,43-48,52H,10,14,17-22,24H2,1-9H3/t25-,26-,27+,29+,30+,31+,32+,33-,34-,36+,37+,39+,40-,41+,43+,44+,45-,46-,47+/m1/s1. The number of anilines is 1. The fraction of sp³-hybridized carbons (Fsp3) is 0.787. The molecule has 3 heterocycles. The van der Waals surface area contributed by atoms with Gasteiger partial charge in [-0.25, -0.2) is 0 Å². The van der Waals surface area contributed by atoms with E-state index in [9.17, 15) is 9.90 Å². The van der Waals surface area contributed by atoms with Crippen molar-refractivity contribution in [3.63, 3.8) is 0 Å². The molecule has 5 fully saturated rings. The lowest BCUT2D eigenvalue weighted by Crippen LogP contribution is -2.59. The molecule has 7 rings (SSSR count). The molecule has 2 N–H and O–H groups in total. The topological polar surface area (TPSA) is 143 Å². The number of nitrogens with zero attached hydrogens (tertiary/aromatic N) is 1. The van der Waals surface area contributed by atoms with E-state index in [0.717, 1.165) is 24.9 Å². The average molecular weight is 841 g/mol. The Kier molecular flexibility index (Phi) is 15.1. The average Bonchev–Trinajstić information content (AvgIpc) is 3.82. The van der Waals surface area contributed by atoms with Crippen LogP contribution in [0, 0.1) is 35.5 Å². The molecule has 19 atom stereocenters. The molecule has 0 radical (unpaired) electrons. The zero-order valence-electron chi connectivity index (χ0n) is 37.3. The van der Waals surface area contributed by atoms with E-state index >= 15 is 4.79 Å². The summed E-state index contributed by atoms with van der Waals surface area (Å²) < 4.78 is 50.2. The fourth-order valence-corrected chi connectivity index (χ4v) is 11.9. The lowest BCUT2D eigenvalue weighted by atomic mass is 9.62. The number of carbonyl (C=O) groups is 2. The molecule has 3 aliphatic heterocycles. The Morgan fingerprint density at radius 1 is 0.850 bits per heavy atom. The minimum Gasteiger partial charge on any atom is -0.462 e. The van der Waals surface area contributed by atoms with E-state index in [1.807, 2.05) is 51.1 Å². The van der Waals surface area contributed by atoms with Crippen LogP contribution in [0.2, 0.25) is 0 Å². The van der Waals surface area contributed by atoms with Crippen LogP contribution in [0.1, 0.15) is 85.5 Å². The number of allylic oxidation sites excluding steroid dienone is 2. The summed E-state index contributed by atoms with van der Waals surface area (Å²) in [6.07, 6.45) is 3.59. The lowest BCUT2D eigenvalue weighted by molar-refractivity contribution is -0.314. The first-order valence-electron chi connectivity index (χ1n) is 22.7. The van der Waals surface area contributed by atoms with Crippen LogP contribution in [0.3, 0.4) is 0 Å². The van der Waals surface area contributed by atoms with Crippen molar-refractivity contribution >= 4 is 17.4 Å². The van der Waals surface area contributed by atoms with Crippen LogP contribution in [-0.4, -0.2) is 137 Å². The third kappa shape index (κ3) is 9.40. The first kappa shape index (κ1) is 45.6. The number of aliphatic hydroxyl groups is 1. The largest absolute Gasteiger partial charge is 0.462 e. The molecule has 0 unspecified atom stereocenters. The SMILES string of the molecule is CC[C@H]1CCC[C@H](O[C@H]2CC[C@H](N(C)C)[C@@H](C)O2)[C@@H](C)C(=O)C2=C[C@H]3[C@@H]4C[C@H](O[C@@H]5O[C@@H](C)[C@H](OC)[C@@H](OC)[C@H]5OC)C[C@H]4[C@H](Nc4ccccc4)[C@@H](O)[C@H]3[C@@H]2CC(=O)O1. The van der Waals surface area contributed by atoms with Gasteiger partial charge in [-0.3, -0.25) is 9.59 Å². The molecule has 0 spiro atoms. The Bertz CT molecular complexity index is 1610. The summed E-state index contributed by atoms with van der Waals surface area (Å²) in [5.74, 6) is -1.87. The monoisotopic (exact) mass is 841 g/mol. The molecule has 6 aliphatic rings. The summed E-state index contributed by atoms with van der Waals surface area (Å²) in [7, 11) is 9.07. The van der Waals surface area contributed by atoms with Crippen molar-refractivity contribution in [2.75, 3.05) is 40.7 Å². The Hall–Kier alpha value is -2.46. The Balaban J connectivity index is 1.20. The molecule has 0 aromatic heterocycles. The van der Waals surface area contributed by atoms with Crippen molar-refractivity contribution in [2.45, 2.75) is 165 Å². The quantitative estimate of drug-likeness (QED) is 0.261. The van der Waals surface area contributed by atoms with Gasteiger partial charge >= 0.3 is 5.97 Å². The minimum atomic E-state index is -0.869. The van der Waals surface area contributed by atoms with E-state index in [1.54, 1.807) is 21.3 Å². The third-order valence-electron chi connectivity index (χ3n) is 15.0. The van der Waals surface area contributed by atoms with Crippen molar-refractivity contribution < 1.29 is 52.6 Å². The van der Waals surface area contributed by atoms with Crippen molar-refractivity contribution in [1.82, 2.24) is 4.90 Å². The number of ether oxygens (including phenoxy) is 8. The van der Waals surface area contributed by atoms with Crippen LogP contribution in [-0.2, 0) is 47.5 Å². The van der Waals surface area contributed by atoms with Crippen molar-refractivity contribution in [2.24, 2.45) is 35.5 Å². The molecule has 3 aliphatic carbocycles. The number of benzene rings is 1. The number of para-hydroxylation sites is 1. The van der Waals surface area contributed by atoms with E-state index in [0.29, 0.717) is 43.7 Å². The fourth-order valence-electron chi connectivity index (χ4n) is 11.9. The highest BCUT2D eigenvalue weighted by Gasteiger charge is 2.60. The van der Waals surface area contributed by atoms with E-state index in [4.69, 9.17) is 37.9 Å². The maximum atomic E-state index is 15.1. The van der Waals surface area contributed by atoms with Gasteiger partial charge in [0.05, 0.1) is 43.0 Å². The third-order valence-corrected chi connectivity index (χ3v) is 15.0. The molecule has 1 aromatic rings. The number of fused-ring (bicyclic) bond motifs is 5. The summed E-state index contributed by atoms with van der Waals surface area (Å²) in [6, 6.07) is 9.87. The van der Waals surface area contributed by atoms with Gasteiger partial charge in [0.15, 0.2) is 18.4 Å². The van der Waals surface area contributed by atoms with Crippen LogP contribution in [0.15, 0.2) is 42.0 Å². The smallest absolute Gasteiger partial charge is 0.306 e. The lowest BCUT2D eigenvalue weighted by Gasteiger charge is -2.47. The maximum absolute atomic E-state index is 15.1. The predicted molar refractivity (Wildman–Crippen MR) is 225 cm³/mol. The molecule has 0 bridgehead atoms. The molecule has 336 valence electrons. The van der Waals surface area contributed by atoms with Gasteiger partial charge in [-0.1, -0.05) is 38.1 Å². The normalized spacial score (nSPS) is 43.9. The number of hydrogen-bond donors (Lipinski definition) is 2. The molecule has 13 heteroatoms. The first-order valence-corrected chi connectivity index (χ1v) is 22.7. The van der Waals surface area contributed by atoms with Crippen LogP contribution >= 0.6 is 0 Å². The van der Waals surface area contributed by atoms with E-state index in [2.05, 4.69) is 37.3 Å². The van der Waals surface area contributed by atoms with E-state index in [1.165, 1.54) is 0 Å². The van der Waals surface area contributed by atoms with Gasteiger partial charge < -0.3 is 53.2 Å². The summed E-state index contributed by atoms with van der Waals surface area (Å²) >= 11 is 0. The first-order chi connectivity index (χ1) is 28.9. The highest BCUT2D eigenvalue weighted by molar-refractivity contribution is 5.99. The van der Waals surface area contributed by atoms with Crippen molar-refractivity contribution in [3.05, 3.63) is 42.0 Å².